The van der Waals surface area contributed by atoms with Crippen molar-refractivity contribution in [3.8, 4) is 5.75 Å². The van der Waals surface area contributed by atoms with E-state index in [1.165, 1.54) is 0 Å². The molecule has 0 spiro atoms. The average molecular weight is 343 g/mol. The van der Waals surface area contributed by atoms with Crippen molar-refractivity contribution in [2.45, 2.75) is 6.04 Å². The minimum atomic E-state index is -0.286. The quantitative estimate of drug-likeness (QED) is 0.780. The predicted molar refractivity (Wildman–Crippen MR) is 88.5 cm³/mol. The molecule has 1 heterocycles. The molecule has 0 saturated heterocycles. The first-order valence-electron chi connectivity index (χ1n) is 6.63. The number of rotatable bonds is 3. The van der Waals surface area contributed by atoms with Crippen LogP contribution >= 0.6 is 15.9 Å². The van der Waals surface area contributed by atoms with Crippen molar-refractivity contribution >= 4 is 26.8 Å². The summed E-state index contributed by atoms with van der Waals surface area (Å²) in [4.78, 5) is 4.47. The number of fused-ring (bicyclic) bond motifs is 1. The highest BCUT2D eigenvalue weighted by molar-refractivity contribution is 9.10. The Morgan fingerprint density at radius 3 is 2.71 bits per heavy atom. The van der Waals surface area contributed by atoms with Gasteiger partial charge in [0.15, 0.2) is 0 Å². The summed E-state index contributed by atoms with van der Waals surface area (Å²) in [7, 11) is 1.65. The Balaban J connectivity index is 2.15. The summed E-state index contributed by atoms with van der Waals surface area (Å²) >= 11 is 3.45. The molecular formula is C17H15BrN2O. The lowest BCUT2D eigenvalue weighted by Gasteiger charge is -2.17. The summed E-state index contributed by atoms with van der Waals surface area (Å²) in [5.41, 5.74) is 9.34. The van der Waals surface area contributed by atoms with E-state index in [1.807, 2.05) is 48.5 Å². The van der Waals surface area contributed by atoms with Gasteiger partial charge in [-0.25, -0.2) is 0 Å². The summed E-state index contributed by atoms with van der Waals surface area (Å²) in [5, 5.41) is 1.08. The van der Waals surface area contributed by atoms with Crippen molar-refractivity contribution in [2.24, 2.45) is 5.73 Å². The lowest BCUT2D eigenvalue weighted by molar-refractivity contribution is 0.407. The molecular weight excluding hydrogens is 328 g/mol. The maximum absolute atomic E-state index is 6.47. The molecule has 3 aromatic rings. The van der Waals surface area contributed by atoms with Gasteiger partial charge in [-0.1, -0.05) is 46.3 Å². The molecule has 0 aliphatic rings. The summed E-state index contributed by atoms with van der Waals surface area (Å²) < 4.78 is 6.41. The molecule has 4 heteroatoms. The molecule has 106 valence electrons. The van der Waals surface area contributed by atoms with E-state index in [4.69, 9.17) is 10.5 Å². The van der Waals surface area contributed by atoms with Gasteiger partial charge in [-0.3, -0.25) is 4.98 Å². The van der Waals surface area contributed by atoms with Crippen molar-refractivity contribution < 1.29 is 4.74 Å². The molecule has 3 rings (SSSR count). The third-order valence-corrected chi connectivity index (χ3v) is 4.02. The predicted octanol–water partition coefficient (Wildman–Crippen LogP) is 4.05. The fraction of sp³-hybridized carbons (Fsp3) is 0.118. The van der Waals surface area contributed by atoms with E-state index in [1.54, 1.807) is 13.3 Å². The fourth-order valence-electron chi connectivity index (χ4n) is 2.49. The molecule has 2 aromatic carbocycles. The van der Waals surface area contributed by atoms with Gasteiger partial charge < -0.3 is 10.5 Å². The van der Waals surface area contributed by atoms with Gasteiger partial charge in [-0.15, -0.1) is 0 Å². The number of methoxy groups -OCH3 is 1. The Hall–Kier alpha value is -1.91. The van der Waals surface area contributed by atoms with Crippen LogP contribution in [0.15, 0.2) is 59.2 Å². The second-order valence-electron chi connectivity index (χ2n) is 4.79. The highest BCUT2D eigenvalue weighted by Crippen LogP contribution is 2.33. The van der Waals surface area contributed by atoms with Crippen LogP contribution in [0, 0.1) is 0 Å². The van der Waals surface area contributed by atoms with Gasteiger partial charge in [0.1, 0.15) is 5.75 Å². The maximum Gasteiger partial charge on any atom is 0.125 e. The van der Waals surface area contributed by atoms with E-state index in [0.717, 1.165) is 32.3 Å². The first-order valence-corrected chi connectivity index (χ1v) is 7.42. The van der Waals surface area contributed by atoms with Crippen LogP contribution in [0.1, 0.15) is 17.2 Å². The van der Waals surface area contributed by atoms with E-state index in [9.17, 15) is 0 Å². The summed E-state index contributed by atoms with van der Waals surface area (Å²) in [5.74, 6) is 0.768. The van der Waals surface area contributed by atoms with Crippen LogP contribution in [0.2, 0.25) is 0 Å². The zero-order valence-corrected chi connectivity index (χ0v) is 13.2. The molecule has 0 aliphatic carbocycles. The monoisotopic (exact) mass is 342 g/mol. The second kappa shape index (κ2) is 5.84. The summed E-state index contributed by atoms with van der Waals surface area (Å²) in [6, 6.07) is 15.6. The van der Waals surface area contributed by atoms with Crippen LogP contribution in [0.4, 0.5) is 0 Å². The number of nitrogens with two attached hydrogens (primary N) is 1. The largest absolute Gasteiger partial charge is 0.496 e. The van der Waals surface area contributed by atoms with Crippen LogP contribution in [-0.4, -0.2) is 12.1 Å². The van der Waals surface area contributed by atoms with Gasteiger partial charge in [-0.2, -0.15) is 0 Å². The lowest BCUT2D eigenvalue weighted by atomic mass is 9.96. The molecule has 0 radical (unpaired) electrons. The van der Waals surface area contributed by atoms with E-state index >= 15 is 0 Å². The number of nitrogens with zero attached hydrogens (tertiary/aromatic N) is 1. The number of ether oxygens (including phenoxy) is 1. The molecule has 1 unspecified atom stereocenters. The van der Waals surface area contributed by atoms with Crippen molar-refractivity contribution in [2.75, 3.05) is 7.11 Å². The first kappa shape index (κ1) is 14.0. The number of halogens is 1. The molecule has 21 heavy (non-hydrogen) atoms. The Labute approximate surface area is 131 Å². The van der Waals surface area contributed by atoms with Gasteiger partial charge in [0.25, 0.3) is 0 Å². The molecule has 0 saturated carbocycles. The van der Waals surface area contributed by atoms with Crippen molar-refractivity contribution in [1.82, 2.24) is 4.98 Å². The van der Waals surface area contributed by atoms with Crippen molar-refractivity contribution in [3.63, 3.8) is 0 Å². The van der Waals surface area contributed by atoms with Gasteiger partial charge >= 0.3 is 0 Å². The SMILES string of the molecule is COc1cc(Br)ccc1C(N)c1cccc2cccnc12. The Morgan fingerprint density at radius 2 is 1.90 bits per heavy atom. The summed E-state index contributed by atoms with van der Waals surface area (Å²) in [6.07, 6.45) is 1.79. The number of aromatic nitrogens is 1. The Bertz CT molecular complexity index is 783. The second-order valence-corrected chi connectivity index (χ2v) is 5.70. The van der Waals surface area contributed by atoms with Crippen LogP contribution < -0.4 is 10.5 Å². The van der Waals surface area contributed by atoms with Gasteiger partial charge in [0, 0.05) is 21.6 Å². The minimum absolute atomic E-state index is 0.286. The Morgan fingerprint density at radius 1 is 1.10 bits per heavy atom. The van der Waals surface area contributed by atoms with Crippen LogP contribution in [0.5, 0.6) is 5.75 Å². The van der Waals surface area contributed by atoms with E-state index in [0.29, 0.717) is 0 Å². The zero-order chi connectivity index (χ0) is 14.8. The maximum atomic E-state index is 6.47. The van der Waals surface area contributed by atoms with E-state index in [2.05, 4.69) is 20.9 Å². The van der Waals surface area contributed by atoms with Gasteiger partial charge in [0.2, 0.25) is 0 Å². The minimum Gasteiger partial charge on any atom is -0.496 e. The molecule has 0 aliphatic heterocycles. The summed E-state index contributed by atoms with van der Waals surface area (Å²) in [6.45, 7) is 0. The molecule has 1 atom stereocenters. The number of pyridine rings is 1. The molecule has 0 amide bonds. The van der Waals surface area contributed by atoms with Crippen molar-refractivity contribution in [1.29, 1.82) is 0 Å². The smallest absolute Gasteiger partial charge is 0.125 e. The normalized spacial score (nSPS) is 12.3. The molecule has 0 fully saturated rings. The van der Waals surface area contributed by atoms with Crippen LogP contribution in [0.25, 0.3) is 10.9 Å². The van der Waals surface area contributed by atoms with E-state index < -0.39 is 0 Å². The molecule has 0 bridgehead atoms. The zero-order valence-electron chi connectivity index (χ0n) is 11.6. The van der Waals surface area contributed by atoms with E-state index in [-0.39, 0.29) is 6.04 Å². The molecule has 3 nitrogen and oxygen atoms in total. The van der Waals surface area contributed by atoms with Crippen molar-refractivity contribution in [3.05, 3.63) is 70.3 Å². The molecule has 2 N–H and O–H groups in total. The molecule has 1 aromatic heterocycles. The third-order valence-electron chi connectivity index (χ3n) is 3.53. The fourth-order valence-corrected chi connectivity index (χ4v) is 2.83. The number of para-hydroxylation sites is 1. The number of hydrogen-bond donors (Lipinski definition) is 1. The lowest BCUT2D eigenvalue weighted by Crippen LogP contribution is -2.14. The highest BCUT2D eigenvalue weighted by atomic mass is 79.9. The van der Waals surface area contributed by atoms with Crippen LogP contribution in [-0.2, 0) is 0 Å². The standard InChI is InChI=1S/C17H15BrN2O/c1-21-15-10-12(18)7-8-13(15)16(19)14-6-2-4-11-5-3-9-20-17(11)14/h2-10,16H,19H2,1H3. The topological polar surface area (TPSA) is 48.1 Å². The Kier molecular flexibility index (Phi) is 3.90. The van der Waals surface area contributed by atoms with Gasteiger partial charge in [-0.05, 0) is 23.8 Å². The van der Waals surface area contributed by atoms with Gasteiger partial charge in [0.05, 0.1) is 18.7 Å². The number of benzene rings is 2. The number of hydrogen-bond acceptors (Lipinski definition) is 3. The highest BCUT2D eigenvalue weighted by Gasteiger charge is 2.17. The van der Waals surface area contributed by atoms with Crippen LogP contribution in [0.3, 0.4) is 0 Å². The average Bonchev–Trinajstić information content (AvgIpc) is 2.53. The first-order chi connectivity index (χ1) is 10.2. The third kappa shape index (κ3) is 2.64.